The fourth-order valence-corrected chi connectivity index (χ4v) is 2.87. The van der Waals surface area contributed by atoms with Crippen LogP contribution in [0.5, 0.6) is 0 Å². The van der Waals surface area contributed by atoms with Gasteiger partial charge in [0.25, 0.3) is 0 Å². The van der Waals surface area contributed by atoms with E-state index in [-0.39, 0.29) is 29.6 Å². The van der Waals surface area contributed by atoms with Crippen LogP contribution in [-0.4, -0.2) is 65.0 Å². The zero-order chi connectivity index (χ0) is 10.2. The van der Waals surface area contributed by atoms with Crippen LogP contribution in [0.1, 0.15) is 27.7 Å². The van der Waals surface area contributed by atoms with Crippen LogP contribution in [0.4, 0.5) is 0 Å². The average Bonchev–Trinajstić information content (AvgIpc) is 2.06. The second-order valence-electron chi connectivity index (χ2n) is 2.23. The van der Waals surface area contributed by atoms with Crippen molar-refractivity contribution in [2.75, 3.05) is 26.4 Å². The van der Waals surface area contributed by atoms with Gasteiger partial charge in [-0.05, 0) is 27.7 Å². The number of hydrogen-bond donors (Lipinski definition) is 0. The fourth-order valence-electron chi connectivity index (χ4n) is 0.957. The molecule has 0 atom stereocenters. The Labute approximate surface area is 110 Å². The standard InChI is InChI=1S/C8H20O4Si.Na/c1-5-9-13(10-6-2,11-7-3)12-8-4;/h5-8H2,1-4H3;. The van der Waals surface area contributed by atoms with Gasteiger partial charge in [0.05, 0.1) is 0 Å². The monoisotopic (exact) mass is 231 g/mol. The first-order valence-electron chi connectivity index (χ1n) is 4.80. The Bertz CT molecular complexity index is 96.4. The molecular formula is C8H20NaO4Si. The summed E-state index contributed by atoms with van der Waals surface area (Å²) in [5.74, 6) is 0. The molecule has 4 nitrogen and oxygen atoms in total. The smallest absolute Gasteiger partial charge is 0.351 e. The van der Waals surface area contributed by atoms with Gasteiger partial charge in [-0.2, -0.15) is 0 Å². The van der Waals surface area contributed by atoms with E-state index in [2.05, 4.69) is 0 Å². The van der Waals surface area contributed by atoms with Gasteiger partial charge in [-0.3, -0.25) is 0 Å². The maximum absolute atomic E-state index is 5.42. The van der Waals surface area contributed by atoms with E-state index in [0.717, 1.165) is 0 Å². The van der Waals surface area contributed by atoms with Gasteiger partial charge in [0, 0.05) is 56.0 Å². The predicted molar refractivity (Wildman–Crippen MR) is 58.0 cm³/mol. The van der Waals surface area contributed by atoms with Crippen molar-refractivity contribution in [3.63, 3.8) is 0 Å². The van der Waals surface area contributed by atoms with E-state index in [0.29, 0.717) is 26.4 Å². The van der Waals surface area contributed by atoms with E-state index < -0.39 is 9.05 Å². The Kier molecular flexibility index (Phi) is 13.2. The third-order valence-electron chi connectivity index (χ3n) is 1.28. The van der Waals surface area contributed by atoms with Crippen molar-refractivity contribution in [1.82, 2.24) is 0 Å². The molecule has 0 aromatic carbocycles. The Morgan fingerprint density at radius 3 is 1.00 bits per heavy atom. The number of rotatable bonds is 8. The third kappa shape index (κ3) is 6.52. The van der Waals surface area contributed by atoms with E-state index >= 15 is 0 Å². The van der Waals surface area contributed by atoms with E-state index in [1.54, 1.807) is 0 Å². The molecule has 0 saturated carbocycles. The molecule has 0 aromatic heterocycles. The summed E-state index contributed by atoms with van der Waals surface area (Å²) in [6, 6.07) is 0. The summed E-state index contributed by atoms with van der Waals surface area (Å²) in [4.78, 5) is 0. The Morgan fingerprint density at radius 1 is 0.643 bits per heavy atom. The molecule has 81 valence electrons. The Balaban J connectivity index is 0. The fraction of sp³-hybridized carbons (Fsp3) is 1.00. The molecule has 0 saturated heterocycles. The van der Waals surface area contributed by atoms with Gasteiger partial charge >= 0.3 is 9.05 Å². The van der Waals surface area contributed by atoms with Crippen molar-refractivity contribution >= 4 is 38.6 Å². The van der Waals surface area contributed by atoms with Crippen LogP contribution in [-0.2, 0) is 17.7 Å². The summed E-state index contributed by atoms with van der Waals surface area (Å²) in [5, 5.41) is 0. The summed E-state index contributed by atoms with van der Waals surface area (Å²) < 4.78 is 21.7. The molecule has 0 fully saturated rings. The molecule has 14 heavy (non-hydrogen) atoms. The maximum atomic E-state index is 5.42. The summed E-state index contributed by atoms with van der Waals surface area (Å²) in [6.07, 6.45) is 0. The average molecular weight is 231 g/mol. The minimum atomic E-state index is -2.80. The van der Waals surface area contributed by atoms with Crippen LogP contribution < -0.4 is 0 Å². The first-order valence-corrected chi connectivity index (χ1v) is 6.43. The molecular weight excluding hydrogens is 211 g/mol. The second-order valence-corrected chi connectivity index (χ2v) is 4.39. The van der Waals surface area contributed by atoms with Crippen molar-refractivity contribution < 1.29 is 17.7 Å². The Hall–Kier alpha value is 1.06. The Morgan fingerprint density at radius 2 is 0.857 bits per heavy atom. The van der Waals surface area contributed by atoms with Crippen molar-refractivity contribution in [2.24, 2.45) is 0 Å². The van der Waals surface area contributed by atoms with Gasteiger partial charge in [0.15, 0.2) is 0 Å². The molecule has 0 heterocycles. The van der Waals surface area contributed by atoms with E-state index in [4.69, 9.17) is 17.7 Å². The van der Waals surface area contributed by atoms with Crippen LogP contribution in [0, 0.1) is 0 Å². The van der Waals surface area contributed by atoms with E-state index in [9.17, 15) is 0 Å². The molecule has 0 spiro atoms. The van der Waals surface area contributed by atoms with Crippen LogP contribution >= 0.6 is 0 Å². The van der Waals surface area contributed by atoms with Crippen LogP contribution in [0.2, 0.25) is 0 Å². The first-order chi connectivity index (χ1) is 6.24. The quantitative estimate of drug-likeness (QED) is 0.588. The SMILES string of the molecule is CCO[Si](OCC)(OCC)OCC.[Na]. The summed E-state index contributed by atoms with van der Waals surface area (Å²) >= 11 is 0. The summed E-state index contributed by atoms with van der Waals surface area (Å²) in [5.41, 5.74) is 0. The molecule has 0 bridgehead atoms. The molecule has 0 aliphatic rings. The van der Waals surface area contributed by atoms with Gasteiger partial charge in [-0.1, -0.05) is 0 Å². The normalized spacial score (nSPS) is 11.1. The summed E-state index contributed by atoms with van der Waals surface area (Å²) in [6.45, 7) is 9.80. The molecule has 6 heteroatoms. The van der Waals surface area contributed by atoms with Crippen LogP contribution in [0.3, 0.4) is 0 Å². The van der Waals surface area contributed by atoms with Crippen molar-refractivity contribution in [3.05, 3.63) is 0 Å². The maximum Gasteiger partial charge on any atom is 0.679 e. The molecule has 0 amide bonds. The molecule has 0 rings (SSSR count). The topological polar surface area (TPSA) is 36.9 Å². The zero-order valence-corrected chi connectivity index (χ0v) is 13.0. The van der Waals surface area contributed by atoms with Crippen molar-refractivity contribution in [2.45, 2.75) is 27.7 Å². The van der Waals surface area contributed by atoms with Crippen LogP contribution in [0.15, 0.2) is 0 Å². The molecule has 0 N–H and O–H groups in total. The zero-order valence-electron chi connectivity index (χ0n) is 9.96. The van der Waals surface area contributed by atoms with Gasteiger partial charge in [-0.25, -0.2) is 0 Å². The van der Waals surface area contributed by atoms with Gasteiger partial charge < -0.3 is 17.7 Å². The molecule has 1 radical (unpaired) electrons. The van der Waals surface area contributed by atoms with Crippen molar-refractivity contribution in [1.29, 1.82) is 0 Å². The minimum Gasteiger partial charge on any atom is -0.351 e. The number of hydrogen-bond acceptors (Lipinski definition) is 4. The molecule has 0 aromatic rings. The summed E-state index contributed by atoms with van der Waals surface area (Å²) in [7, 11) is -2.80. The van der Waals surface area contributed by atoms with Gasteiger partial charge in [0.2, 0.25) is 0 Å². The second kappa shape index (κ2) is 10.6. The molecule has 0 aliphatic carbocycles. The van der Waals surface area contributed by atoms with Gasteiger partial charge in [0.1, 0.15) is 0 Å². The third-order valence-corrected chi connectivity index (χ3v) is 3.85. The first kappa shape index (κ1) is 17.5. The largest absolute Gasteiger partial charge is 0.679 e. The van der Waals surface area contributed by atoms with Crippen molar-refractivity contribution in [3.8, 4) is 0 Å². The van der Waals surface area contributed by atoms with E-state index in [1.807, 2.05) is 27.7 Å². The molecule has 0 aliphatic heterocycles. The molecule has 0 unspecified atom stereocenters. The van der Waals surface area contributed by atoms with Gasteiger partial charge in [-0.15, -0.1) is 0 Å². The van der Waals surface area contributed by atoms with E-state index in [1.165, 1.54) is 0 Å². The van der Waals surface area contributed by atoms with Crippen LogP contribution in [0.25, 0.3) is 0 Å². The minimum absolute atomic E-state index is 0. The predicted octanol–water partition coefficient (Wildman–Crippen LogP) is 1.19.